The van der Waals surface area contributed by atoms with Crippen molar-refractivity contribution in [3.05, 3.63) is 75.4 Å². The molecular formula is C25H24N2O3S. The normalized spacial score (nSPS) is 11.1. The van der Waals surface area contributed by atoms with E-state index in [0.29, 0.717) is 24.2 Å². The molecule has 0 aliphatic carbocycles. The maximum Gasteiger partial charge on any atom is 0.305 e. The van der Waals surface area contributed by atoms with Crippen molar-refractivity contribution in [3.8, 4) is 22.5 Å². The van der Waals surface area contributed by atoms with Gasteiger partial charge in [-0.1, -0.05) is 54.1 Å². The molecule has 0 saturated heterocycles. The molecule has 0 fully saturated rings. The van der Waals surface area contributed by atoms with Crippen LogP contribution in [-0.2, 0) is 16.1 Å². The molecule has 2 aromatic heterocycles. The van der Waals surface area contributed by atoms with E-state index in [1.807, 2.05) is 68.4 Å². The summed E-state index contributed by atoms with van der Waals surface area (Å²) in [6, 6.07) is 17.9. The quantitative estimate of drug-likeness (QED) is 0.385. The van der Waals surface area contributed by atoms with Gasteiger partial charge in [0.05, 0.1) is 12.5 Å². The molecule has 2 heterocycles. The van der Waals surface area contributed by atoms with Crippen molar-refractivity contribution in [1.29, 1.82) is 0 Å². The van der Waals surface area contributed by atoms with E-state index in [0.717, 1.165) is 32.0 Å². The fourth-order valence-electron chi connectivity index (χ4n) is 3.84. The second-order valence-electron chi connectivity index (χ2n) is 7.52. The van der Waals surface area contributed by atoms with Crippen LogP contribution in [0.25, 0.3) is 32.7 Å². The van der Waals surface area contributed by atoms with Gasteiger partial charge in [0.2, 0.25) is 0 Å². The predicted molar refractivity (Wildman–Crippen MR) is 125 cm³/mol. The van der Waals surface area contributed by atoms with Gasteiger partial charge in [0.25, 0.3) is 5.56 Å². The Balaban J connectivity index is 1.93. The third-order valence-electron chi connectivity index (χ3n) is 5.32. The number of fused-ring (bicyclic) bond motifs is 1. The van der Waals surface area contributed by atoms with E-state index >= 15 is 0 Å². The fourth-order valence-corrected chi connectivity index (χ4v) is 4.88. The van der Waals surface area contributed by atoms with Crippen molar-refractivity contribution in [1.82, 2.24) is 9.55 Å². The molecule has 0 spiro atoms. The van der Waals surface area contributed by atoms with Crippen LogP contribution in [0, 0.1) is 13.8 Å². The first-order valence-electron chi connectivity index (χ1n) is 10.2. The molecule has 0 amide bonds. The van der Waals surface area contributed by atoms with Gasteiger partial charge in [-0.2, -0.15) is 0 Å². The molecule has 0 radical (unpaired) electrons. The average molecular weight is 433 g/mol. The summed E-state index contributed by atoms with van der Waals surface area (Å²) in [6.07, 6.45) is 0.755. The van der Waals surface area contributed by atoms with Gasteiger partial charge in [0, 0.05) is 29.0 Å². The van der Waals surface area contributed by atoms with E-state index in [1.165, 1.54) is 7.11 Å². The topological polar surface area (TPSA) is 61.2 Å². The highest BCUT2D eigenvalue weighted by molar-refractivity contribution is 7.19. The van der Waals surface area contributed by atoms with Crippen molar-refractivity contribution in [2.75, 3.05) is 7.11 Å². The number of hydrogen-bond acceptors (Lipinski definition) is 5. The lowest BCUT2D eigenvalue weighted by Crippen LogP contribution is -2.24. The summed E-state index contributed by atoms with van der Waals surface area (Å²) in [5.74, 6) is 0.350. The van der Waals surface area contributed by atoms with Crippen LogP contribution in [-0.4, -0.2) is 22.6 Å². The molecule has 0 unspecified atom stereocenters. The smallest absolute Gasteiger partial charge is 0.305 e. The van der Waals surface area contributed by atoms with E-state index in [1.54, 1.807) is 15.9 Å². The minimum absolute atomic E-state index is 0.0745. The molecule has 6 heteroatoms. The second-order valence-corrected chi connectivity index (χ2v) is 8.72. The van der Waals surface area contributed by atoms with Crippen molar-refractivity contribution >= 4 is 27.5 Å². The lowest BCUT2D eigenvalue weighted by atomic mass is 10.0. The zero-order valence-electron chi connectivity index (χ0n) is 17.8. The highest BCUT2D eigenvalue weighted by atomic mass is 32.1. The van der Waals surface area contributed by atoms with Crippen LogP contribution in [0.15, 0.2) is 59.4 Å². The number of thiophene rings is 1. The van der Waals surface area contributed by atoms with Gasteiger partial charge < -0.3 is 4.74 Å². The molecule has 0 saturated carbocycles. The fraction of sp³-hybridized carbons (Fsp3) is 0.240. The Hall–Kier alpha value is -3.25. The number of aryl methyl sites for hydroxylation is 2. The Bertz CT molecular complexity index is 1310. The lowest BCUT2D eigenvalue weighted by Gasteiger charge is -2.13. The number of carbonyl (C=O) groups excluding carboxylic acids is 1. The maximum absolute atomic E-state index is 13.8. The van der Waals surface area contributed by atoms with E-state index in [-0.39, 0.29) is 17.9 Å². The van der Waals surface area contributed by atoms with Crippen LogP contribution in [0.2, 0.25) is 0 Å². The van der Waals surface area contributed by atoms with E-state index in [9.17, 15) is 9.59 Å². The summed E-state index contributed by atoms with van der Waals surface area (Å²) in [7, 11) is 1.38. The zero-order valence-corrected chi connectivity index (χ0v) is 18.7. The van der Waals surface area contributed by atoms with Crippen LogP contribution in [0.4, 0.5) is 0 Å². The van der Waals surface area contributed by atoms with Crippen molar-refractivity contribution in [2.45, 2.75) is 33.2 Å². The molecular weight excluding hydrogens is 408 g/mol. The summed E-state index contributed by atoms with van der Waals surface area (Å²) in [5.41, 5.74) is 3.87. The third-order valence-corrected chi connectivity index (χ3v) is 6.32. The first kappa shape index (κ1) is 21.0. The van der Waals surface area contributed by atoms with E-state index in [2.05, 4.69) is 0 Å². The molecule has 0 N–H and O–H groups in total. The van der Waals surface area contributed by atoms with Crippen LogP contribution in [0.5, 0.6) is 0 Å². The third kappa shape index (κ3) is 4.16. The molecule has 5 nitrogen and oxygen atoms in total. The number of aromatic nitrogens is 2. The first-order valence-corrected chi connectivity index (χ1v) is 11.0. The molecule has 31 heavy (non-hydrogen) atoms. The number of benzene rings is 2. The SMILES string of the molecule is COC(=O)CCCn1c(-c2cccc(C)c2)nc2sc(C)c(-c3ccccc3)c2c1=O. The van der Waals surface area contributed by atoms with Gasteiger partial charge >= 0.3 is 5.97 Å². The minimum atomic E-state index is -0.282. The Labute approximate surface area is 185 Å². The molecule has 0 aliphatic heterocycles. The molecule has 0 bridgehead atoms. The Morgan fingerprint density at radius 2 is 1.81 bits per heavy atom. The van der Waals surface area contributed by atoms with Gasteiger partial charge in [0.1, 0.15) is 10.7 Å². The van der Waals surface area contributed by atoms with Crippen LogP contribution in [0.3, 0.4) is 0 Å². The summed E-state index contributed by atoms with van der Waals surface area (Å²) < 4.78 is 6.47. The minimum Gasteiger partial charge on any atom is -0.469 e. The number of ether oxygens (including phenoxy) is 1. The Morgan fingerprint density at radius 3 is 2.52 bits per heavy atom. The highest BCUT2D eigenvalue weighted by Gasteiger charge is 2.20. The lowest BCUT2D eigenvalue weighted by molar-refractivity contribution is -0.140. The van der Waals surface area contributed by atoms with E-state index < -0.39 is 0 Å². The monoisotopic (exact) mass is 432 g/mol. The number of methoxy groups -OCH3 is 1. The molecule has 4 aromatic rings. The van der Waals surface area contributed by atoms with Gasteiger partial charge in [-0.25, -0.2) is 4.98 Å². The molecule has 158 valence electrons. The number of esters is 1. The van der Waals surface area contributed by atoms with Crippen molar-refractivity contribution < 1.29 is 9.53 Å². The Morgan fingerprint density at radius 1 is 1.06 bits per heavy atom. The van der Waals surface area contributed by atoms with Crippen molar-refractivity contribution in [2.24, 2.45) is 0 Å². The summed E-state index contributed by atoms with van der Waals surface area (Å²) in [4.78, 5) is 32.1. The number of nitrogens with zero attached hydrogens (tertiary/aromatic N) is 2. The van der Waals surface area contributed by atoms with Crippen LogP contribution in [0.1, 0.15) is 23.3 Å². The molecule has 0 atom stereocenters. The van der Waals surface area contributed by atoms with E-state index in [4.69, 9.17) is 9.72 Å². The standard InChI is InChI=1S/C25H24N2O3S/c1-16-9-7-12-19(15-16)23-26-24-22(25(29)27(23)14-8-13-20(28)30-3)21(17(2)31-24)18-10-5-4-6-11-18/h4-7,9-12,15H,8,13-14H2,1-3H3. The van der Waals surface area contributed by atoms with Crippen LogP contribution < -0.4 is 5.56 Å². The number of rotatable bonds is 6. The highest BCUT2D eigenvalue weighted by Crippen LogP contribution is 2.36. The number of carbonyl (C=O) groups is 1. The van der Waals surface area contributed by atoms with Gasteiger partial charge in [-0.05, 0) is 31.9 Å². The summed E-state index contributed by atoms with van der Waals surface area (Å²) in [5, 5.41) is 0.642. The number of hydrogen-bond donors (Lipinski definition) is 0. The predicted octanol–water partition coefficient (Wildman–Crippen LogP) is 5.36. The second kappa shape index (κ2) is 8.86. The van der Waals surface area contributed by atoms with Crippen LogP contribution >= 0.6 is 11.3 Å². The van der Waals surface area contributed by atoms with Gasteiger partial charge in [0.15, 0.2) is 0 Å². The largest absolute Gasteiger partial charge is 0.469 e. The van der Waals surface area contributed by atoms with Gasteiger partial charge in [-0.15, -0.1) is 11.3 Å². The summed E-state index contributed by atoms with van der Waals surface area (Å²) in [6.45, 7) is 4.44. The molecule has 4 rings (SSSR count). The first-order chi connectivity index (χ1) is 15.0. The maximum atomic E-state index is 13.8. The van der Waals surface area contributed by atoms with Gasteiger partial charge in [-0.3, -0.25) is 14.2 Å². The van der Waals surface area contributed by atoms with Crippen molar-refractivity contribution in [3.63, 3.8) is 0 Å². The summed E-state index contributed by atoms with van der Waals surface area (Å²) >= 11 is 1.54. The average Bonchev–Trinajstić information content (AvgIpc) is 3.11. The molecule has 2 aromatic carbocycles. The molecule has 0 aliphatic rings. The Kier molecular flexibility index (Phi) is 6.00. The zero-order chi connectivity index (χ0) is 22.0.